The Hall–Kier alpha value is -1.36. The topological polar surface area (TPSA) is 64.3 Å². The lowest BCUT2D eigenvalue weighted by Gasteiger charge is -2.28. The van der Waals surface area contributed by atoms with Gasteiger partial charge in [0.25, 0.3) is 0 Å². The Bertz CT molecular complexity index is 323. The van der Waals surface area contributed by atoms with Crippen LogP contribution in [0.5, 0.6) is 0 Å². The molecule has 1 fully saturated rings. The van der Waals surface area contributed by atoms with Gasteiger partial charge in [0, 0.05) is 13.1 Å². The second kappa shape index (κ2) is 3.79. The van der Waals surface area contributed by atoms with Crippen molar-refractivity contribution in [3.05, 3.63) is 12.0 Å². The Morgan fingerprint density at radius 2 is 2.14 bits per heavy atom. The lowest BCUT2D eigenvalue weighted by Crippen LogP contribution is -2.37. The van der Waals surface area contributed by atoms with Crippen LogP contribution in [0, 0.1) is 6.92 Å². The molecule has 1 aromatic heterocycles. The van der Waals surface area contributed by atoms with Crippen LogP contribution in [-0.4, -0.2) is 36.3 Å². The molecule has 1 aliphatic rings. The summed E-state index contributed by atoms with van der Waals surface area (Å²) >= 11 is 0. The van der Waals surface area contributed by atoms with E-state index in [1.165, 1.54) is 0 Å². The lowest BCUT2D eigenvalue weighted by molar-refractivity contribution is 0.122. The standard InChI is InChI=1S/C9H14N4O/c1-7-11-6-8(10)9(12-7)13-2-4-14-5-3-13/h6H,2-5,10H2,1H3. The molecule has 2 rings (SSSR count). The van der Waals surface area contributed by atoms with Gasteiger partial charge in [0.1, 0.15) is 5.82 Å². The zero-order valence-electron chi connectivity index (χ0n) is 8.23. The molecule has 2 N–H and O–H groups in total. The van der Waals surface area contributed by atoms with E-state index in [4.69, 9.17) is 10.5 Å². The zero-order valence-corrected chi connectivity index (χ0v) is 8.23. The highest BCUT2D eigenvalue weighted by Gasteiger charge is 2.15. The molecule has 1 aromatic rings. The lowest BCUT2D eigenvalue weighted by atomic mass is 10.3. The van der Waals surface area contributed by atoms with Crippen LogP contribution in [0.25, 0.3) is 0 Å². The number of aryl methyl sites for hydroxylation is 1. The van der Waals surface area contributed by atoms with Gasteiger partial charge in [-0.1, -0.05) is 0 Å². The molecule has 0 atom stereocenters. The van der Waals surface area contributed by atoms with Gasteiger partial charge in [-0.2, -0.15) is 0 Å². The van der Waals surface area contributed by atoms with Gasteiger partial charge in [0.2, 0.25) is 0 Å². The second-order valence-corrected chi connectivity index (χ2v) is 3.30. The van der Waals surface area contributed by atoms with Crippen LogP contribution in [0.4, 0.5) is 11.5 Å². The molecule has 1 aliphatic heterocycles. The zero-order chi connectivity index (χ0) is 9.97. The molecule has 1 saturated heterocycles. The molecular formula is C9H14N4O. The summed E-state index contributed by atoms with van der Waals surface area (Å²) in [5, 5.41) is 0. The molecule has 0 radical (unpaired) electrons. The molecule has 0 unspecified atom stereocenters. The molecule has 0 spiro atoms. The Balaban J connectivity index is 2.24. The van der Waals surface area contributed by atoms with E-state index in [1.54, 1.807) is 6.20 Å². The number of morpholine rings is 1. The highest BCUT2D eigenvalue weighted by Crippen LogP contribution is 2.19. The van der Waals surface area contributed by atoms with Gasteiger partial charge >= 0.3 is 0 Å². The average molecular weight is 194 g/mol. The van der Waals surface area contributed by atoms with Crippen LogP contribution in [0.1, 0.15) is 5.82 Å². The number of nitrogens with zero attached hydrogens (tertiary/aromatic N) is 3. The first-order chi connectivity index (χ1) is 6.77. The average Bonchev–Trinajstić information content (AvgIpc) is 2.23. The van der Waals surface area contributed by atoms with Crippen molar-refractivity contribution in [1.29, 1.82) is 0 Å². The number of anilines is 2. The van der Waals surface area contributed by atoms with E-state index >= 15 is 0 Å². The number of rotatable bonds is 1. The predicted molar refractivity (Wildman–Crippen MR) is 54.2 cm³/mol. The number of hydrogen-bond acceptors (Lipinski definition) is 5. The molecule has 2 heterocycles. The van der Waals surface area contributed by atoms with Crippen molar-refractivity contribution >= 4 is 11.5 Å². The summed E-state index contributed by atoms with van der Waals surface area (Å²) in [7, 11) is 0. The van der Waals surface area contributed by atoms with E-state index in [1.807, 2.05) is 6.92 Å². The maximum absolute atomic E-state index is 5.81. The first-order valence-corrected chi connectivity index (χ1v) is 4.69. The minimum atomic E-state index is 0.637. The fourth-order valence-corrected chi connectivity index (χ4v) is 1.50. The van der Waals surface area contributed by atoms with Crippen molar-refractivity contribution < 1.29 is 4.74 Å². The Morgan fingerprint density at radius 3 is 2.86 bits per heavy atom. The normalized spacial score (nSPS) is 17.1. The fraction of sp³-hybridized carbons (Fsp3) is 0.556. The van der Waals surface area contributed by atoms with Crippen molar-refractivity contribution in [1.82, 2.24) is 9.97 Å². The third-order valence-corrected chi connectivity index (χ3v) is 2.23. The van der Waals surface area contributed by atoms with Crippen LogP contribution in [0.2, 0.25) is 0 Å². The van der Waals surface area contributed by atoms with Crippen molar-refractivity contribution in [3.63, 3.8) is 0 Å². The predicted octanol–water partition coefficient (Wildman–Crippen LogP) is 0.204. The summed E-state index contributed by atoms with van der Waals surface area (Å²) < 4.78 is 5.27. The molecular weight excluding hydrogens is 180 g/mol. The second-order valence-electron chi connectivity index (χ2n) is 3.30. The van der Waals surface area contributed by atoms with Crippen molar-refractivity contribution in [2.45, 2.75) is 6.92 Å². The van der Waals surface area contributed by atoms with E-state index in [-0.39, 0.29) is 0 Å². The first kappa shape index (κ1) is 9.21. The molecule has 0 bridgehead atoms. The van der Waals surface area contributed by atoms with Gasteiger partial charge in [0.05, 0.1) is 25.1 Å². The quantitative estimate of drug-likeness (QED) is 0.692. The van der Waals surface area contributed by atoms with E-state index < -0.39 is 0 Å². The summed E-state index contributed by atoms with van der Waals surface area (Å²) in [6.07, 6.45) is 1.66. The minimum absolute atomic E-state index is 0.637. The van der Waals surface area contributed by atoms with Crippen molar-refractivity contribution in [3.8, 4) is 0 Å². The summed E-state index contributed by atoms with van der Waals surface area (Å²) in [4.78, 5) is 10.5. The number of ether oxygens (including phenoxy) is 1. The van der Waals surface area contributed by atoms with Gasteiger partial charge in [-0.25, -0.2) is 9.97 Å². The number of nitrogens with two attached hydrogens (primary N) is 1. The minimum Gasteiger partial charge on any atom is -0.394 e. The monoisotopic (exact) mass is 194 g/mol. The largest absolute Gasteiger partial charge is 0.394 e. The fourth-order valence-electron chi connectivity index (χ4n) is 1.50. The number of nitrogen functional groups attached to an aromatic ring is 1. The molecule has 5 nitrogen and oxygen atoms in total. The molecule has 0 amide bonds. The van der Waals surface area contributed by atoms with Gasteiger partial charge in [-0.15, -0.1) is 0 Å². The smallest absolute Gasteiger partial charge is 0.155 e. The summed E-state index contributed by atoms with van der Waals surface area (Å²) in [6, 6.07) is 0. The Morgan fingerprint density at radius 1 is 1.43 bits per heavy atom. The van der Waals surface area contributed by atoms with Crippen LogP contribution in [-0.2, 0) is 4.74 Å². The number of hydrogen-bond donors (Lipinski definition) is 1. The third kappa shape index (κ3) is 1.77. The number of aromatic nitrogens is 2. The summed E-state index contributed by atoms with van der Waals surface area (Å²) in [5.41, 5.74) is 6.45. The first-order valence-electron chi connectivity index (χ1n) is 4.69. The van der Waals surface area contributed by atoms with Gasteiger partial charge in [-0.3, -0.25) is 0 Å². The SMILES string of the molecule is Cc1ncc(N)c(N2CCOCC2)n1. The third-order valence-electron chi connectivity index (χ3n) is 2.23. The van der Waals surface area contributed by atoms with E-state index in [0.717, 1.165) is 37.9 Å². The molecule has 76 valence electrons. The molecule has 0 aromatic carbocycles. The van der Waals surface area contributed by atoms with Crippen LogP contribution < -0.4 is 10.6 Å². The summed E-state index contributed by atoms with van der Waals surface area (Å²) in [5.74, 6) is 1.58. The molecule has 5 heteroatoms. The van der Waals surface area contributed by atoms with E-state index in [0.29, 0.717) is 5.69 Å². The van der Waals surface area contributed by atoms with Crippen LogP contribution in [0.15, 0.2) is 6.20 Å². The maximum atomic E-state index is 5.81. The van der Waals surface area contributed by atoms with Gasteiger partial charge < -0.3 is 15.4 Å². The maximum Gasteiger partial charge on any atom is 0.155 e. The van der Waals surface area contributed by atoms with Gasteiger partial charge in [0.15, 0.2) is 5.82 Å². The highest BCUT2D eigenvalue weighted by molar-refractivity contribution is 5.61. The molecule has 0 saturated carbocycles. The van der Waals surface area contributed by atoms with E-state index in [9.17, 15) is 0 Å². The Labute approximate surface area is 82.9 Å². The van der Waals surface area contributed by atoms with Crippen LogP contribution >= 0.6 is 0 Å². The molecule has 14 heavy (non-hydrogen) atoms. The van der Waals surface area contributed by atoms with Crippen molar-refractivity contribution in [2.75, 3.05) is 36.9 Å². The molecule has 0 aliphatic carbocycles. The van der Waals surface area contributed by atoms with Crippen molar-refractivity contribution in [2.24, 2.45) is 0 Å². The van der Waals surface area contributed by atoms with Gasteiger partial charge in [-0.05, 0) is 6.92 Å². The summed E-state index contributed by atoms with van der Waals surface area (Å²) in [6.45, 7) is 5.04. The highest BCUT2D eigenvalue weighted by atomic mass is 16.5. The van der Waals surface area contributed by atoms with E-state index in [2.05, 4.69) is 14.9 Å². The van der Waals surface area contributed by atoms with Crippen LogP contribution in [0.3, 0.4) is 0 Å². The Kier molecular flexibility index (Phi) is 2.49.